The van der Waals surface area contributed by atoms with Gasteiger partial charge in [0.1, 0.15) is 17.4 Å². The van der Waals surface area contributed by atoms with E-state index in [0.717, 1.165) is 24.3 Å². The molecule has 1 aliphatic heterocycles. The monoisotopic (exact) mass is 488 g/mol. The van der Waals surface area contributed by atoms with Crippen molar-refractivity contribution in [1.29, 1.82) is 5.26 Å². The van der Waals surface area contributed by atoms with E-state index >= 15 is 0 Å². The number of halogens is 2. The molecule has 1 fully saturated rings. The van der Waals surface area contributed by atoms with Crippen LogP contribution in [0.3, 0.4) is 0 Å². The Labute approximate surface area is 207 Å². The lowest BCUT2D eigenvalue weighted by molar-refractivity contribution is 0.152. The molecule has 5 rings (SSSR count). The van der Waals surface area contributed by atoms with Crippen molar-refractivity contribution in [1.82, 2.24) is 24.3 Å². The molecule has 1 N–H and O–H groups in total. The van der Waals surface area contributed by atoms with Gasteiger partial charge in [-0.3, -0.25) is 4.40 Å². The Morgan fingerprint density at radius 1 is 1.17 bits per heavy atom. The molecule has 1 aliphatic rings. The number of imidazole rings is 1. The fourth-order valence-electron chi connectivity index (χ4n) is 4.52. The Hall–Kier alpha value is -4.10. The highest BCUT2D eigenvalue weighted by Crippen LogP contribution is 2.29. The number of likely N-dealkylation sites (tertiary alicyclic amines) is 1. The topological polar surface area (TPSA) is 85.4 Å². The van der Waals surface area contributed by atoms with E-state index in [0.29, 0.717) is 23.4 Å². The molecule has 0 bridgehead atoms. The van der Waals surface area contributed by atoms with Crippen molar-refractivity contribution in [2.75, 3.05) is 37.4 Å². The summed E-state index contributed by atoms with van der Waals surface area (Å²) in [5, 5.41) is 13.0. The molecule has 3 aromatic heterocycles. The van der Waals surface area contributed by atoms with Gasteiger partial charge in [-0.25, -0.2) is 23.7 Å². The highest BCUT2D eigenvalue weighted by Gasteiger charge is 2.27. The molecule has 0 spiro atoms. The molecule has 36 heavy (non-hydrogen) atoms. The van der Waals surface area contributed by atoms with Gasteiger partial charge in [0.15, 0.2) is 0 Å². The van der Waals surface area contributed by atoms with Crippen LogP contribution in [0.15, 0.2) is 55.0 Å². The first kappa shape index (κ1) is 23.6. The molecule has 10 heteroatoms. The first-order valence-electron chi connectivity index (χ1n) is 11.6. The molecule has 0 unspecified atom stereocenters. The van der Waals surface area contributed by atoms with Gasteiger partial charge in [-0.15, -0.1) is 0 Å². The third-order valence-electron chi connectivity index (χ3n) is 6.67. The Morgan fingerprint density at radius 2 is 1.97 bits per heavy atom. The second kappa shape index (κ2) is 9.51. The smallest absolute Gasteiger partial charge is 0.267 e. The number of anilines is 2. The minimum absolute atomic E-state index is 0.115. The summed E-state index contributed by atoms with van der Waals surface area (Å²) in [5.41, 5.74) is 3.15. The Balaban J connectivity index is 1.43. The molecule has 4 heterocycles. The molecule has 1 atom stereocenters. The van der Waals surface area contributed by atoms with Crippen LogP contribution in [0.5, 0.6) is 0 Å². The molecular weight excluding hydrogens is 462 g/mol. The van der Waals surface area contributed by atoms with E-state index in [1.807, 2.05) is 19.1 Å². The number of nitrogens with zero attached hydrogens (tertiary/aromatic N) is 7. The summed E-state index contributed by atoms with van der Waals surface area (Å²) in [6, 6.07) is 13.7. The summed E-state index contributed by atoms with van der Waals surface area (Å²) in [5.74, 6) is 0.329. The molecule has 1 aromatic carbocycles. The van der Waals surface area contributed by atoms with E-state index in [1.165, 1.54) is 28.9 Å². The quantitative estimate of drug-likeness (QED) is 0.409. The summed E-state index contributed by atoms with van der Waals surface area (Å²) < 4.78 is 28.4. The van der Waals surface area contributed by atoms with Crippen LogP contribution in [0.25, 0.3) is 17.0 Å². The van der Waals surface area contributed by atoms with Crippen molar-refractivity contribution in [3.8, 4) is 17.5 Å². The maximum Gasteiger partial charge on any atom is 0.267 e. The first-order valence-corrected chi connectivity index (χ1v) is 11.6. The van der Waals surface area contributed by atoms with Crippen molar-refractivity contribution >= 4 is 17.3 Å². The van der Waals surface area contributed by atoms with Gasteiger partial charge in [0.05, 0.1) is 41.3 Å². The van der Waals surface area contributed by atoms with Crippen LogP contribution in [0.2, 0.25) is 0 Å². The normalized spacial score (nSPS) is 15.0. The molecule has 8 nitrogen and oxygen atoms in total. The number of nitrogens with one attached hydrogen (secondary N) is 1. The van der Waals surface area contributed by atoms with Crippen LogP contribution in [0.4, 0.5) is 20.4 Å². The predicted octanol–water partition coefficient (Wildman–Crippen LogP) is 4.52. The zero-order valence-electron chi connectivity index (χ0n) is 20.2. The van der Waals surface area contributed by atoms with Crippen LogP contribution in [0, 0.1) is 11.3 Å². The van der Waals surface area contributed by atoms with Gasteiger partial charge in [0, 0.05) is 32.0 Å². The van der Waals surface area contributed by atoms with Gasteiger partial charge in [-0.1, -0.05) is 12.1 Å². The number of hydrogen-bond acceptors (Lipinski definition) is 7. The SMILES string of the molecule is C[C@H](Nc1ncc(C#N)c(-c2cnc3c(C(F)F)cccn23)n1)c1cccc(N(C)C2CN(C)C2)c1. The highest BCUT2D eigenvalue weighted by atomic mass is 19.3. The van der Waals surface area contributed by atoms with E-state index in [1.54, 1.807) is 6.20 Å². The highest BCUT2D eigenvalue weighted by molar-refractivity contribution is 5.68. The van der Waals surface area contributed by atoms with Gasteiger partial charge in [-0.2, -0.15) is 5.26 Å². The lowest BCUT2D eigenvalue weighted by atomic mass is 10.0. The molecule has 184 valence electrons. The molecule has 4 aromatic rings. The Kier molecular flexibility index (Phi) is 6.24. The van der Waals surface area contributed by atoms with E-state index in [2.05, 4.69) is 62.4 Å². The predicted molar refractivity (Wildman–Crippen MR) is 134 cm³/mol. The largest absolute Gasteiger partial charge is 0.369 e. The van der Waals surface area contributed by atoms with Crippen molar-refractivity contribution in [2.24, 2.45) is 0 Å². The number of aromatic nitrogens is 4. The number of hydrogen-bond donors (Lipinski definition) is 1. The van der Waals surface area contributed by atoms with Crippen molar-refractivity contribution in [3.05, 3.63) is 71.7 Å². The Morgan fingerprint density at radius 3 is 2.69 bits per heavy atom. The van der Waals surface area contributed by atoms with Gasteiger partial charge in [-0.05, 0) is 43.8 Å². The average Bonchev–Trinajstić information content (AvgIpc) is 3.30. The molecule has 0 saturated carbocycles. The lowest BCUT2D eigenvalue weighted by Gasteiger charge is -2.43. The van der Waals surface area contributed by atoms with E-state index < -0.39 is 6.43 Å². The van der Waals surface area contributed by atoms with Crippen molar-refractivity contribution in [2.45, 2.75) is 25.4 Å². The summed E-state index contributed by atoms with van der Waals surface area (Å²) in [6.07, 6.45) is 1.85. The zero-order chi connectivity index (χ0) is 25.4. The van der Waals surface area contributed by atoms with Gasteiger partial charge >= 0.3 is 0 Å². The van der Waals surface area contributed by atoms with Gasteiger partial charge in [0.2, 0.25) is 5.95 Å². The summed E-state index contributed by atoms with van der Waals surface area (Å²) >= 11 is 0. The molecule has 0 radical (unpaired) electrons. The minimum Gasteiger partial charge on any atom is -0.369 e. The van der Waals surface area contributed by atoms with Crippen LogP contribution in [-0.4, -0.2) is 57.5 Å². The molecular formula is C26H26F2N8. The van der Waals surface area contributed by atoms with Gasteiger partial charge in [0.25, 0.3) is 6.43 Å². The fourth-order valence-corrected chi connectivity index (χ4v) is 4.52. The number of nitriles is 1. The average molecular weight is 489 g/mol. The van der Waals surface area contributed by atoms with Crippen molar-refractivity contribution in [3.63, 3.8) is 0 Å². The van der Waals surface area contributed by atoms with Crippen LogP contribution in [-0.2, 0) is 0 Å². The maximum atomic E-state index is 13.4. The number of benzene rings is 1. The molecule has 0 amide bonds. The van der Waals surface area contributed by atoms with Crippen LogP contribution in [0.1, 0.15) is 36.1 Å². The van der Waals surface area contributed by atoms with Crippen molar-refractivity contribution < 1.29 is 8.78 Å². The summed E-state index contributed by atoms with van der Waals surface area (Å²) in [4.78, 5) is 17.7. The molecule has 1 saturated heterocycles. The number of fused-ring (bicyclic) bond motifs is 1. The van der Waals surface area contributed by atoms with E-state index in [-0.39, 0.29) is 22.8 Å². The minimum atomic E-state index is -2.66. The first-order chi connectivity index (χ1) is 17.4. The van der Waals surface area contributed by atoms with Crippen LogP contribution >= 0.6 is 0 Å². The van der Waals surface area contributed by atoms with Gasteiger partial charge < -0.3 is 15.1 Å². The third-order valence-corrected chi connectivity index (χ3v) is 6.67. The van der Waals surface area contributed by atoms with Crippen LogP contribution < -0.4 is 10.2 Å². The van der Waals surface area contributed by atoms with E-state index in [4.69, 9.17) is 0 Å². The number of pyridine rings is 1. The van der Waals surface area contributed by atoms with E-state index in [9.17, 15) is 14.0 Å². The maximum absolute atomic E-state index is 13.4. The fraction of sp³-hybridized carbons (Fsp3) is 0.308. The number of alkyl halides is 2. The number of likely N-dealkylation sites (N-methyl/N-ethyl adjacent to an activating group) is 2. The summed E-state index contributed by atoms with van der Waals surface area (Å²) in [6.45, 7) is 4.09. The second-order valence-electron chi connectivity index (χ2n) is 9.12. The summed E-state index contributed by atoms with van der Waals surface area (Å²) in [7, 11) is 4.23. The number of rotatable bonds is 7. The Bertz CT molecular complexity index is 1440. The third kappa shape index (κ3) is 4.33. The lowest BCUT2D eigenvalue weighted by Crippen LogP contribution is -2.56. The zero-order valence-corrected chi connectivity index (χ0v) is 20.2. The standard InChI is InChI=1S/C26H26F2N8/c1-16(17-6-4-7-19(10-17)35(3)20-14-34(2)15-20)32-26-31-12-18(11-29)23(33-26)22-13-30-25-21(24(27)28)8-5-9-36(22)25/h4-10,12-13,16,20,24H,14-15H2,1-3H3,(H,31,32,33)/t16-/m0/s1. The molecule has 0 aliphatic carbocycles. The second-order valence-corrected chi connectivity index (χ2v) is 9.12.